The van der Waals surface area contributed by atoms with Crippen LogP contribution in [-0.4, -0.2) is 31.4 Å². The summed E-state index contributed by atoms with van der Waals surface area (Å²) in [6.07, 6.45) is 5.37. The van der Waals surface area contributed by atoms with Crippen LogP contribution in [0.2, 0.25) is 0 Å². The molecule has 2 aliphatic rings. The van der Waals surface area contributed by atoms with Crippen molar-refractivity contribution in [3.63, 3.8) is 0 Å². The third-order valence-corrected chi connectivity index (χ3v) is 4.45. The number of hydrogen-bond acceptors (Lipinski definition) is 3. The molecule has 2 heterocycles. The normalized spacial score (nSPS) is 21.5. The molecule has 0 aromatic heterocycles. The van der Waals surface area contributed by atoms with Gasteiger partial charge in [-0.2, -0.15) is 0 Å². The second-order valence-corrected chi connectivity index (χ2v) is 5.92. The summed E-state index contributed by atoms with van der Waals surface area (Å²) in [6, 6.07) is 5.59. The van der Waals surface area contributed by atoms with Crippen molar-refractivity contribution >= 4 is 17.4 Å². The number of ether oxygens (including phenoxy) is 1. The molecule has 1 fully saturated rings. The third kappa shape index (κ3) is 3.00. The van der Waals surface area contributed by atoms with Gasteiger partial charge in [-0.3, -0.25) is 9.59 Å². The zero-order valence-corrected chi connectivity index (χ0v) is 12.4. The fourth-order valence-electron chi connectivity index (χ4n) is 3.12. The first kappa shape index (κ1) is 14.3. The van der Waals surface area contributed by atoms with E-state index in [0.29, 0.717) is 18.4 Å². The number of fused-ring (bicyclic) bond motifs is 1. The molecule has 1 atom stereocenters. The lowest BCUT2D eigenvalue weighted by atomic mass is 9.98. The Hall–Kier alpha value is -1.68. The Morgan fingerprint density at radius 1 is 1.38 bits per heavy atom. The Bertz CT molecular complexity index is 561. The van der Waals surface area contributed by atoms with E-state index in [1.165, 1.54) is 6.42 Å². The molecule has 21 heavy (non-hydrogen) atoms. The molecule has 0 N–H and O–H groups in total. The van der Waals surface area contributed by atoms with Gasteiger partial charge in [0.15, 0.2) is 5.78 Å². The molecular weight excluding hydrogens is 266 g/mol. The number of ketones is 1. The molecular formula is C17H21NO3. The highest BCUT2D eigenvalue weighted by atomic mass is 16.5. The standard InChI is InChI=1S/C17H21NO3/c1-18-15-7-5-12(10-13(15)11-17(18)20)16(19)8-6-14-4-2-3-9-21-14/h5,7,10,14H,2-4,6,8-9,11H2,1H3. The van der Waals surface area contributed by atoms with Gasteiger partial charge in [-0.05, 0) is 49.4 Å². The van der Waals surface area contributed by atoms with Gasteiger partial charge in [-0.15, -0.1) is 0 Å². The molecule has 2 aliphatic heterocycles. The number of amides is 1. The Labute approximate surface area is 125 Å². The summed E-state index contributed by atoms with van der Waals surface area (Å²) in [4.78, 5) is 25.6. The minimum Gasteiger partial charge on any atom is -0.378 e. The molecule has 3 rings (SSSR count). The first-order valence-electron chi connectivity index (χ1n) is 7.69. The van der Waals surface area contributed by atoms with Crippen LogP contribution in [0, 0.1) is 0 Å². The predicted octanol–water partition coefficient (Wildman–Crippen LogP) is 2.74. The van der Waals surface area contributed by atoms with E-state index in [1.54, 1.807) is 11.9 Å². The lowest BCUT2D eigenvalue weighted by Crippen LogP contribution is -2.20. The molecule has 1 amide bonds. The van der Waals surface area contributed by atoms with Crippen molar-refractivity contribution in [2.45, 2.75) is 44.6 Å². The van der Waals surface area contributed by atoms with E-state index >= 15 is 0 Å². The summed E-state index contributed by atoms with van der Waals surface area (Å²) >= 11 is 0. The highest BCUT2D eigenvalue weighted by Crippen LogP contribution is 2.29. The summed E-state index contributed by atoms with van der Waals surface area (Å²) in [5, 5.41) is 0. The van der Waals surface area contributed by atoms with Crippen molar-refractivity contribution < 1.29 is 14.3 Å². The Morgan fingerprint density at radius 2 is 2.24 bits per heavy atom. The van der Waals surface area contributed by atoms with Gasteiger partial charge in [0.05, 0.1) is 12.5 Å². The second-order valence-electron chi connectivity index (χ2n) is 5.92. The van der Waals surface area contributed by atoms with E-state index in [1.807, 2.05) is 18.2 Å². The van der Waals surface area contributed by atoms with Gasteiger partial charge >= 0.3 is 0 Å². The smallest absolute Gasteiger partial charge is 0.231 e. The summed E-state index contributed by atoms with van der Waals surface area (Å²) in [7, 11) is 1.77. The number of carbonyl (C=O) groups excluding carboxylic acids is 2. The summed E-state index contributed by atoms with van der Waals surface area (Å²) in [6.45, 7) is 0.826. The van der Waals surface area contributed by atoms with E-state index < -0.39 is 0 Å². The van der Waals surface area contributed by atoms with E-state index in [4.69, 9.17) is 4.74 Å². The van der Waals surface area contributed by atoms with Crippen LogP contribution < -0.4 is 4.90 Å². The maximum absolute atomic E-state index is 12.3. The van der Waals surface area contributed by atoms with Gasteiger partial charge in [0, 0.05) is 31.3 Å². The quantitative estimate of drug-likeness (QED) is 0.800. The largest absolute Gasteiger partial charge is 0.378 e. The third-order valence-electron chi connectivity index (χ3n) is 4.45. The predicted molar refractivity (Wildman–Crippen MR) is 80.7 cm³/mol. The summed E-state index contributed by atoms with van der Waals surface area (Å²) in [5.74, 6) is 0.235. The van der Waals surface area contributed by atoms with Crippen LogP contribution in [0.5, 0.6) is 0 Å². The fourth-order valence-corrected chi connectivity index (χ4v) is 3.12. The Morgan fingerprint density at radius 3 is 3.00 bits per heavy atom. The van der Waals surface area contributed by atoms with Crippen LogP contribution in [0.3, 0.4) is 0 Å². The number of hydrogen-bond donors (Lipinski definition) is 0. The lowest BCUT2D eigenvalue weighted by Gasteiger charge is -2.22. The van der Waals surface area contributed by atoms with Crippen LogP contribution in [0.15, 0.2) is 18.2 Å². The number of nitrogens with zero attached hydrogens (tertiary/aromatic N) is 1. The monoisotopic (exact) mass is 287 g/mol. The number of Topliss-reactive ketones (excluding diaryl/α,β-unsaturated/α-hetero) is 1. The number of carbonyl (C=O) groups is 2. The van der Waals surface area contributed by atoms with E-state index in [-0.39, 0.29) is 17.8 Å². The highest BCUT2D eigenvalue weighted by molar-refractivity contribution is 6.03. The maximum Gasteiger partial charge on any atom is 0.231 e. The zero-order valence-electron chi connectivity index (χ0n) is 12.4. The van der Waals surface area contributed by atoms with Crippen LogP contribution in [0.1, 0.15) is 48.0 Å². The zero-order chi connectivity index (χ0) is 14.8. The van der Waals surface area contributed by atoms with Gasteiger partial charge in [0.2, 0.25) is 5.91 Å². The fraction of sp³-hybridized carbons (Fsp3) is 0.529. The summed E-state index contributed by atoms with van der Waals surface area (Å²) in [5.41, 5.74) is 2.60. The minimum absolute atomic E-state index is 0.0882. The van der Waals surface area contributed by atoms with Gasteiger partial charge < -0.3 is 9.64 Å². The molecule has 0 radical (unpaired) electrons. The van der Waals surface area contributed by atoms with Crippen LogP contribution in [0.4, 0.5) is 5.69 Å². The molecule has 1 aromatic carbocycles. The molecule has 1 saturated heterocycles. The van der Waals surface area contributed by atoms with E-state index in [2.05, 4.69) is 0 Å². The SMILES string of the molecule is CN1C(=O)Cc2cc(C(=O)CCC3CCCCO3)ccc21. The highest BCUT2D eigenvalue weighted by Gasteiger charge is 2.25. The first-order valence-corrected chi connectivity index (χ1v) is 7.69. The number of rotatable bonds is 4. The average Bonchev–Trinajstić information content (AvgIpc) is 2.80. The van der Waals surface area contributed by atoms with Gasteiger partial charge in [0.1, 0.15) is 0 Å². The lowest BCUT2D eigenvalue weighted by molar-refractivity contribution is -0.117. The maximum atomic E-state index is 12.3. The summed E-state index contributed by atoms with van der Waals surface area (Å²) < 4.78 is 5.66. The molecule has 0 bridgehead atoms. The van der Waals surface area contributed by atoms with E-state index in [0.717, 1.165) is 37.1 Å². The van der Waals surface area contributed by atoms with Gasteiger partial charge in [-0.1, -0.05) is 0 Å². The number of benzene rings is 1. The van der Waals surface area contributed by atoms with Crippen molar-refractivity contribution in [2.75, 3.05) is 18.6 Å². The first-order chi connectivity index (χ1) is 10.1. The van der Waals surface area contributed by atoms with Crippen molar-refractivity contribution in [1.29, 1.82) is 0 Å². The number of anilines is 1. The second kappa shape index (κ2) is 5.98. The molecule has 112 valence electrons. The number of likely N-dealkylation sites (N-methyl/N-ethyl adjacent to an activating group) is 1. The van der Waals surface area contributed by atoms with Crippen LogP contribution in [0.25, 0.3) is 0 Å². The van der Waals surface area contributed by atoms with Crippen molar-refractivity contribution in [1.82, 2.24) is 0 Å². The average molecular weight is 287 g/mol. The van der Waals surface area contributed by atoms with Gasteiger partial charge in [0.25, 0.3) is 0 Å². The van der Waals surface area contributed by atoms with Gasteiger partial charge in [-0.25, -0.2) is 0 Å². The molecule has 0 saturated carbocycles. The molecule has 4 heteroatoms. The molecule has 4 nitrogen and oxygen atoms in total. The molecule has 0 aliphatic carbocycles. The van der Waals surface area contributed by atoms with Crippen molar-refractivity contribution in [3.05, 3.63) is 29.3 Å². The molecule has 1 aromatic rings. The van der Waals surface area contributed by atoms with Crippen LogP contribution >= 0.6 is 0 Å². The topological polar surface area (TPSA) is 46.6 Å². The Balaban J connectivity index is 1.63. The Kier molecular flexibility index (Phi) is 4.06. The minimum atomic E-state index is 0.0882. The van der Waals surface area contributed by atoms with Crippen LogP contribution in [-0.2, 0) is 16.0 Å². The van der Waals surface area contributed by atoms with E-state index in [9.17, 15) is 9.59 Å². The van der Waals surface area contributed by atoms with Crippen molar-refractivity contribution in [2.24, 2.45) is 0 Å². The molecule has 0 spiro atoms. The van der Waals surface area contributed by atoms with Crippen molar-refractivity contribution in [3.8, 4) is 0 Å². The molecule has 1 unspecified atom stereocenters.